The van der Waals surface area contributed by atoms with Gasteiger partial charge in [0.2, 0.25) is 0 Å². The fourth-order valence-electron chi connectivity index (χ4n) is 1.82. The summed E-state index contributed by atoms with van der Waals surface area (Å²) in [4.78, 5) is 17.2. The lowest BCUT2D eigenvalue weighted by atomic mass is 10.1. The quantitative estimate of drug-likeness (QED) is 0.674. The molecule has 1 aliphatic heterocycles. The Morgan fingerprint density at radius 3 is 3.06 bits per heavy atom. The van der Waals surface area contributed by atoms with Gasteiger partial charge >= 0.3 is 0 Å². The highest BCUT2D eigenvalue weighted by atomic mass is 32.2. The van der Waals surface area contributed by atoms with Crippen LogP contribution < -0.4 is 5.32 Å². The van der Waals surface area contributed by atoms with Crippen LogP contribution in [0.3, 0.4) is 0 Å². The van der Waals surface area contributed by atoms with Crippen LogP contribution in [0.15, 0.2) is 34.7 Å². The first-order chi connectivity index (χ1) is 8.78. The molecule has 3 rings (SSSR count). The van der Waals surface area contributed by atoms with E-state index in [0.717, 1.165) is 16.3 Å². The average Bonchev–Trinajstić information content (AvgIpc) is 2.96. The van der Waals surface area contributed by atoms with Gasteiger partial charge in [-0.25, -0.2) is 0 Å². The number of nitrogens with one attached hydrogen (secondary N) is 1. The predicted molar refractivity (Wildman–Crippen MR) is 76.8 cm³/mol. The van der Waals surface area contributed by atoms with Crippen molar-refractivity contribution in [1.29, 1.82) is 0 Å². The molecule has 0 atom stereocenters. The summed E-state index contributed by atoms with van der Waals surface area (Å²) in [5, 5.41) is 2.82. The van der Waals surface area contributed by atoms with E-state index in [-0.39, 0.29) is 5.91 Å². The molecule has 1 N–H and O–H groups in total. The number of amides is 1. The Balaban J connectivity index is 2.04. The maximum absolute atomic E-state index is 11.9. The van der Waals surface area contributed by atoms with Gasteiger partial charge in [0.05, 0.1) is 21.2 Å². The molecule has 3 heterocycles. The highest BCUT2D eigenvalue weighted by molar-refractivity contribution is 8.00. The number of hydrogen-bond acceptors (Lipinski definition) is 4. The maximum atomic E-state index is 11.9. The molecule has 0 fully saturated rings. The highest BCUT2D eigenvalue weighted by Gasteiger charge is 2.25. The zero-order chi connectivity index (χ0) is 12.5. The Labute approximate surface area is 113 Å². The molecule has 0 saturated heterocycles. The Bertz CT molecular complexity index is 646. The summed E-state index contributed by atoms with van der Waals surface area (Å²) in [7, 11) is 0. The average molecular weight is 274 g/mol. The van der Waals surface area contributed by atoms with Crippen LogP contribution in [0.5, 0.6) is 0 Å². The lowest BCUT2D eigenvalue weighted by Crippen LogP contribution is -2.03. The standard InChI is InChI=1S/C13H10N2OS2/c1-17-11-5-4-8(18-11)7-9-12-10(15-13(9)16)3-2-6-14-12/h2-7H,1H3,(H,15,16). The van der Waals surface area contributed by atoms with Gasteiger partial charge in [0, 0.05) is 11.1 Å². The van der Waals surface area contributed by atoms with Gasteiger partial charge in [-0.2, -0.15) is 0 Å². The number of carbonyl (C=O) groups excluding carboxylic acids is 1. The molecule has 0 aliphatic carbocycles. The van der Waals surface area contributed by atoms with E-state index >= 15 is 0 Å². The van der Waals surface area contributed by atoms with Crippen LogP contribution in [0.2, 0.25) is 0 Å². The van der Waals surface area contributed by atoms with Gasteiger partial charge in [-0.1, -0.05) is 0 Å². The second kappa shape index (κ2) is 4.59. The van der Waals surface area contributed by atoms with Crippen molar-refractivity contribution in [3.63, 3.8) is 0 Å². The number of pyridine rings is 1. The third-order valence-electron chi connectivity index (χ3n) is 2.65. The molecule has 0 radical (unpaired) electrons. The van der Waals surface area contributed by atoms with Crippen LogP contribution in [0.1, 0.15) is 10.6 Å². The molecule has 0 aromatic carbocycles. The lowest BCUT2D eigenvalue weighted by molar-refractivity contribution is -0.110. The largest absolute Gasteiger partial charge is 0.320 e. The second-order valence-electron chi connectivity index (χ2n) is 3.77. The van der Waals surface area contributed by atoms with Crippen LogP contribution in [-0.4, -0.2) is 17.1 Å². The Morgan fingerprint density at radius 2 is 2.28 bits per heavy atom. The number of thiophene rings is 1. The summed E-state index contributed by atoms with van der Waals surface area (Å²) in [6.07, 6.45) is 5.65. The summed E-state index contributed by atoms with van der Waals surface area (Å²) in [6, 6.07) is 7.77. The third kappa shape index (κ3) is 1.95. The van der Waals surface area contributed by atoms with E-state index in [9.17, 15) is 4.79 Å². The van der Waals surface area contributed by atoms with E-state index in [1.54, 1.807) is 29.3 Å². The normalized spacial score (nSPS) is 15.8. The molecule has 3 nitrogen and oxygen atoms in total. The minimum atomic E-state index is -0.0807. The molecule has 18 heavy (non-hydrogen) atoms. The molecule has 0 unspecified atom stereocenters. The fourth-order valence-corrected chi connectivity index (χ4v) is 3.32. The predicted octanol–water partition coefficient (Wildman–Crippen LogP) is 3.36. The summed E-state index contributed by atoms with van der Waals surface area (Å²) >= 11 is 3.38. The second-order valence-corrected chi connectivity index (χ2v) is 5.99. The zero-order valence-electron chi connectivity index (χ0n) is 9.64. The lowest BCUT2D eigenvalue weighted by Gasteiger charge is -1.94. The van der Waals surface area contributed by atoms with Gasteiger partial charge in [-0.05, 0) is 36.6 Å². The Morgan fingerprint density at radius 1 is 1.39 bits per heavy atom. The van der Waals surface area contributed by atoms with Gasteiger partial charge < -0.3 is 5.32 Å². The van der Waals surface area contributed by atoms with E-state index < -0.39 is 0 Å². The van der Waals surface area contributed by atoms with Crippen molar-refractivity contribution in [2.45, 2.75) is 4.21 Å². The van der Waals surface area contributed by atoms with Gasteiger partial charge in [0.25, 0.3) is 5.91 Å². The SMILES string of the molecule is CSc1ccc(C=C2C(=O)Nc3cccnc32)s1. The molecule has 5 heteroatoms. The molecule has 0 bridgehead atoms. The van der Waals surface area contributed by atoms with Crippen molar-refractivity contribution in [2.75, 3.05) is 11.6 Å². The van der Waals surface area contributed by atoms with E-state index in [0.29, 0.717) is 5.57 Å². The van der Waals surface area contributed by atoms with Crippen molar-refractivity contribution in [1.82, 2.24) is 4.98 Å². The minimum Gasteiger partial charge on any atom is -0.320 e. The van der Waals surface area contributed by atoms with Crippen LogP contribution in [-0.2, 0) is 4.79 Å². The number of rotatable bonds is 2. The summed E-state index contributed by atoms with van der Waals surface area (Å²) in [5.74, 6) is -0.0807. The number of thioether (sulfide) groups is 1. The number of carbonyl (C=O) groups is 1. The fraction of sp³-hybridized carbons (Fsp3) is 0.0769. The van der Waals surface area contributed by atoms with Crippen molar-refractivity contribution < 1.29 is 4.79 Å². The number of hydrogen-bond donors (Lipinski definition) is 1. The molecule has 1 amide bonds. The van der Waals surface area contributed by atoms with Crippen LogP contribution >= 0.6 is 23.1 Å². The summed E-state index contributed by atoms with van der Waals surface area (Å²) in [6.45, 7) is 0. The third-order valence-corrected chi connectivity index (χ3v) is 4.76. The van der Waals surface area contributed by atoms with E-state index in [1.807, 2.05) is 30.5 Å². The monoisotopic (exact) mass is 274 g/mol. The van der Waals surface area contributed by atoms with Crippen molar-refractivity contribution in [3.8, 4) is 0 Å². The molecule has 90 valence electrons. The Kier molecular flexibility index (Phi) is 2.93. The maximum Gasteiger partial charge on any atom is 0.258 e. The topological polar surface area (TPSA) is 42.0 Å². The van der Waals surface area contributed by atoms with Gasteiger partial charge in [-0.15, -0.1) is 23.1 Å². The Hall–Kier alpha value is -1.59. The first-order valence-electron chi connectivity index (χ1n) is 5.40. The van der Waals surface area contributed by atoms with Gasteiger partial charge in [0.1, 0.15) is 0 Å². The van der Waals surface area contributed by atoms with Crippen molar-refractivity contribution in [2.24, 2.45) is 0 Å². The summed E-state index contributed by atoms with van der Waals surface area (Å²) in [5.41, 5.74) is 2.16. The van der Waals surface area contributed by atoms with Crippen LogP contribution in [0.4, 0.5) is 5.69 Å². The molecule has 1 aliphatic rings. The number of nitrogens with zero attached hydrogens (tertiary/aromatic N) is 1. The number of aromatic nitrogens is 1. The van der Waals surface area contributed by atoms with Crippen LogP contribution in [0.25, 0.3) is 11.6 Å². The smallest absolute Gasteiger partial charge is 0.258 e. The van der Waals surface area contributed by atoms with E-state index in [4.69, 9.17) is 0 Å². The first kappa shape index (κ1) is 11.5. The summed E-state index contributed by atoms with van der Waals surface area (Å²) < 4.78 is 1.24. The minimum absolute atomic E-state index is 0.0807. The molecule has 0 spiro atoms. The number of anilines is 1. The molecular formula is C13H10N2OS2. The zero-order valence-corrected chi connectivity index (χ0v) is 11.3. The van der Waals surface area contributed by atoms with Gasteiger partial charge in [0.15, 0.2) is 0 Å². The van der Waals surface area contributed by atoms with E-state index in [1.165, 1.54) is 4.21 Å². The van der Waals surface area contributed by atoms with Gasteiger partial charge in [-0.3, -0.25) is 9.78 Å². The molecular weight excluding hydrogens is 264 g/mol. The molecule has 2 aromatic heterocycles. The van der Waals surface area contributed by atoms with E-state index in [2.05, 4.69) is 16.4 Å². The van der Waals surface area contributed by atoms with Crippen molar-refractivity contribution in [3.05, 3.63) is 41.0 Å². The van der Waals surface area contributed by atoms with Crippen LogP contribution in [0, 0.1) is 0 Å². The van der Waals surface area contributed by atoms with Crippen molar-refractivity contribution >= 4 is 46.3 Å². The molecule has 2 aromatic rings. The first-order valence-corrected chi connectivity index (χ1v) is 7.44. The molecule has 0 saturated carbocycles. The highest BCUT2D eigenvalue weighted by Crippen LogP contribution is 2.33. The number of fused-ring (bicyclic) bond motifs is 1.